The summed E-state index contributed by atoms with van der Waals surface area (Å²) in [6.45, 7) is 0.485. The highest BCUT2D eigenvalue weighted by atomic mass is 79.9. The first-order chi connectivity index (χ1) is 8.70. The number of rotatable bonds is 1. The van der Waals surface area contributed by atoms with Crippen molar-refractivity contribution in [3.8, 4) is 12.3 Å². The van der Waals surface area contributed by atoms with Crippen molar-refractivity contribution < 1.29 is 4.79 Å². The van der Waals surface area contributed by atoms with Gasteiger partial charge in [-0.1, -0.05) is 0 Å². The molecule has 2 aromatic rings. The molecular weight excluding hydrogens is 298 g/mol. The zero-order valence-electron chi connectivity index (χ0n) is 9.22. The summed E-state index contributed by atoms with van der Waals surface area (Å²) < 4.78 is 0.657. The average molecular weight is 306 g/mol. The smallest absolute Gasteiger partial charge is 0.229 e. The van der Waals surface area contributed by atoms with E-state index >= 15 is 0 Å². The number of anilines is 1. The van der Waals surface area contributed by atoms with Crippen molar-refractivity contribution in [1.29, 1.82) is 0 Å². The summed E-state index contributed by atoms with van der Waals surface area (Å²) in [6, 6.07) is 0. The Labute approximate surface area is 111 Å². The minimum Gasteiger partial charge on any atom is -0.295 e. The van der Waals surface area contributed by atoms with E-state index in [1.807, 2.05) is 0 Å². The molecule has 0 bridgehead atoms. The van der Waals surface area contributed by atoms with E-state index in [1.54, 1.807) is 4.90 Å². The Balaban J connectivity index is 2.13. The van der Waals surface area contributed by atoms with Crippen LogP contribution in [-0.2, 0) is 4.79 Å². The second kappa shape index (κ2) is 4.07. The lowest BCUT2D eigenvalue weighted by molar-refractivity contribution is -0.117. The van der Waals surface area contributed by atoms with Gasteiger partial charge in [-0.05, 0) is 15.9 Å². The van der Waals surface area contributed by atoms with E-state index in [0.29, 0.717) is 34.4 Å². The molecule has 1 N–H and O–H groups in total. The van der Waals surface area contributed by atoms with Crippen molar-refractivity contribution in [3.05, 3.63) is 10.9 Å². The Bertz CT molecular complexity index is 674. The van der Waals surface area contributed by atoms with Crippen LogP contribution in [0.5, 0.6) is 0 Å². The number of hydrogen-bond donors (Lipinski definition) is 1. The fourth-order valence-electron chi connectivity index (χ4n) is 2.03. The molecular formula is C11H8BrN5O. The Kier molecular flexibility index (Phi) is 2.52. The van der Waals surface area contributed by atoms with E-state index in [4.69, 9.17) is 6.42 Å². The fourth-order valence-corrected chi connectivity index (χ4v) is 2.48. The summed E-state index contributed by atoms with van der Waals surface area (Å²) >= 11 is 3.34. The summed E-state index contributed by atoms with van der Waals surface area (Å²) in [7, 11) is 0. The van der Waals surface area contributed by atoms with Crippen molar-refractivity contribution in [3.63, 3.8) is 0 Å². The van der Waals surface area contributed by atoms with Gasteiger partial charge in [-0.2, -0.15) is 5.10 Å². The number of nitrogens with one attached hydrogen (secondary N) is 1. The van der Waals surface area contributed by atoms with Crippen LogP contribution in [0.15, 0.2) is 10.9 Å². The van der Waals surface area contributed by atoms with Gasteiger partial charge < -0.3 is 0 Å². The lowest BCUT2D eigenvalue weighted by Gasteiger charge is -2.15. The largest absolute Gasteiger partial charge is 0.295 e. The highest BCUT2D eigenvalue weighted by Crippen LogP contribution is 2.31. The van der Waals surface area contributed by atoms with E-state index in [2.05, 4.69) is 42.0 Å². The molecule has 0 radical (unpaired) electrons. The normalized spacial score (nSPS) is 19.4. The fraction of sp³-hybridized carbons (Fsp3) is 0.273. The number of hydrogen-bond acceptors (Lipinski definition) is 4. The predicted octanol–water partition coefficient (Wildman–Crippen LogP) is 1.10. The Hall–Kier alpha value is -1.94. The second-order valence-corrected chi connectivity index (χ2v) is 4.80. The summed E-state index contributed by atoms with van der Waals surface area (Å²) in [5.41, 5.74) is 0.517. The third kappa shape index (κ3) is 1.57. The summed E-state index contributed by atoms with van der Waals surface area (Å²) in [5.74, 6) is 3.07. The van der Waals surface area contributed by atoms with Crippen molar-refractivity contribution in [1.82, 2.24) is 20.2 Å². The Morgan fingerprint density at radius 2 is 2.39 bits per heavy atom. The van der Waals surface area contributed by atoms with Crippen LogP contribution < -0.4 is 4.90 Å². The van der Waals surface area contributed by atoms with Gasteiger partial charge in [0.1, 0.15) is 10.9 Å². The van der Waals surface area contributed by atoms with Crippen molar-refractivity contribution in [2.24, 2.45) is 5.92 Å². The number of carbonyl (C=O) groups excluding carboxylic acids is 1. The van der Waals surface area contributed by atoms with E-state index in [-0.39, 0.29) is 11.8 Å². The lowest BCUT2D eigenvalue weighted by atomic mass is 10.1. The lowest BCUT2D eigenvalue weighted by Crippen LogP contribution is -2.25. The van der Waals surface area contributed by atoms with Gasteiger partial charge in [0, 0.05) is 18.9 Å². The Morgan fingerprint density at radius 3 is 3.11 bits per heavy atom. The molecule has 2 aromatic heterocycles. The topological polar surface area (TPSA) is 74.8 Å². The van der Waals surface area contributed by atoms with Crippen molar-refractivity contribution in [2.75, 3.05) is 11.4 Å². The molecule has 1 unspecified atom stereocenters. The maximum atomic E-state index is 11.9. The SMILES string of the molecule is C#CC1CC(=O)N(c2ncnc3n[nH]c(Br)c23)C1. The van der Waals surface area contributed by atoms with Crippen LogP contribution in [0, 0.1) is 18.3 Å². The van der Waals surface area contributed by atoms with Gasteiger partial charge in [0.2, 0.25) is 5.91 Å². The Morgan fingerprint density at radius 1 is 1.56 bits per heavy atom. The number of fused-ring (bicyclic) bond motifs is 1. The summed E-state index contributed by atoms with van der Waals surface area (Å²) in [4.78, 5) is 21.8. The quantitative estimate of drug-likeness (QED) is 0.801. The van der Waals surface area contributed by atoms with Gasteiger partial charge in [-0.25, -0.2) is 9.97 Å². The standard InChI is InChI=1S/C11H8BrN5O/c1-2-6-3-7(18)17(4-6)11-8-9(12)15-16-10(8)13-5-14-11/h1,5-6H,3-4H2,(H,13,14,15,16). The van der Waals surface area contributed by atoms with Crippen LogP contribution in [0.25, 0.3) is 11.0 Å². The molecule has 18 heavy (non-hydrogen) atoms. The van der Waals surface area contributed by atoms with Crippen LogP contribution in [0.4, 0.5) is 5.82 Å². The van der Waals surface area contributed by atoms with E-state index < -0.39 is 0 Å². The molecule has 3 heterocycles. The minimum atomic E-state index is -0.0619. The van der Waals surface area contributed by atoms with Gasteiger partial charge in [0.25, 0.3) is 0 Å². The number of H-pyrrole nitrogens is 1. The minimum absolute atomic E-state index is 0.0222. The molecule has 6 nitrogen and oxygen atoms in total. The van der Waals surface area contributed by atoms with Crippen LogP contribution in [0.1, 0.15) is 6.42 Å². The maximum Gasteiger partial charge on any atom is 0.229 e. The number of carbonyl (C=O) groups is 1. The number of nitrogens with zero attached hydrogens (tertiary/aromatic N) is 4. The van der Waals surface area contributed by atoms with Crippen LogP contribution in [0.2, 0.25) is 0 Å². The summed E-state index contributed by atoms with van der Waals surface area (Å²) in [5, 5.41) is 7.48. The first-order valence-electron chi connectivity index (χ1n) is 5.31. The molecule has 1 fully saturated rings. The third-order valence-corrected chi connectivity index (χ3v) is 3.48. The van der Waals surface area contributed by atoms with Crippen LogP contribution in [-0.4, -0.2) is 32.6 Å². The molecule has 1 aliphatic heterocycles. The molecule has 0 aromatic carbocycles. The maximum absolute atomic E-state index is 11.9. The number of amides is 1. The molecule has 3 rings (SSSR count). The molecule has 1 aliphatic rings. The summed E-state index contributed by atoms with van der Waals surface area (Å²) in [6.07, 6.45) is 7.12. The zero-order chi connectivity index (χ0) is 12.7. The molecule has 0 spiro atoms. The second-order valence-electron chi connectivity index (χ2n) is 4.01. The molecule has 0 saturated carbocycles. The molecule has 1 atom stereocenters. The number of halogens is 1. The van der Waals surface area contributed by atoms with Crippen molar-refractivity contribution >= 4 is 38.7 Å². The molecule has 1 amide bonds. The van der Waals surface area contributed by atoms with Crippen molar-refractivity contribution in [2.45, 2.75) is 6.42 Å². The van der Waals surface area contributed by atoms with Gasteiger partial charge in [-0.3, -0.25) is 14.8 Å². The third-order valence-electron chi connectivity index (χ3n) is 2.90. The first-order valence-corrected chi connectivity index (χ1v) is 6.11. The van der Waals surface area contributed by atoms with E-state index in [1.165, 1.54) is 6.33 Å². The highest BCUT2D eigenvalue weighted by Gasteiger charge is 2.32. The van der Waals surface area contributed by atoms with Gasteiger partial charge in [0.15, 0.2) is 11.5 Å². The highest BCUT2D eigenvalue weighted by molar-refractivity contribution is 9.10. The zero-order valence-corrected chi connectivity index (χ0v) is 10.8. The van der Waals surface area contributed by atoms with Gasteiger partial charge in [0.05, 0.1) is 5.39 Å². The van der Waals surface area contributed by atoms with Crippen LogP contribution >= 0.6 is 15.9 Å². The monoisotopic (exact) mass is 305 g/mol. The predicted molar refractivity (Wildman–Crippen MR) is 68.7 cm³/mol. The average Bonchev–Trinajstić information content (AvgIpc) is 2.93. The number of terminal acetylenes is 1. The van der Waals surface area contributed by atoms with E-state index in [9.17, 15) is 4.79 Å². The van der Waals surface area contributed by atoms with Crippen LogP contribution in [0.3, 0.4) is 0 Å². The molecule has 0 aliphatic carbocycles. The van der Waals surface area contributed by atoms with E-state index in [0.717, 1.165) is 0 Å². The number of aromatic nitrogens is 4. The number of aromatic amines is 1. The van der Waals surface area contributed by atoms with Gasteiger partial charge >= 0.3 is 0 Å². The molecule has 1 saturated heterocycles. The molecule has 90 valence electrons. The molecule has 7 heteroatoms. The first kappa shape index (κ1) is 11.2. The van der Waals surface area contributed by atoms with Gasteiger partial charge in [-0.15, -0.1) is 12.3 Å².